The Hall–Kier alpha value is -0.550. The molecule has 1 aromatic carbocycles. The highest BCUT2D eigenvalue weighted by molar-refractivity contribution is 7.97. The van der Waals surface area contributed by atoms with Gasteiger partial charge < -0.3 is 4.74 Å². The van der Waals surface area contributed by atoms with Gasteiger partial charge >= 0.3 is 0 Å². The normalized spacial score (nSPS) is 19.5. The van der Waals surface area contributed by atoms with Crippen LogP contribution in [0, 0.1) is 5.41 Å². The summed E-state index contributed by atoms with van der Waals surface area (Å²) in [6.45, 7) is 14.2. The highest BCUT2D eigenvalue weighted by Gasteiger charge is 2.45. The number of nitrogens with zero attached hydrogens (tertiary/aromatic N) is 1. The van der Waals surface area contributed by atoms with Crippen LogP contribution in [0.15, 0.2) is 30.3 Å². The lowest BCUT2D eigenvalue weighted by Gasteiger charge is -2.53. The second kappa shape index (κ2) is 8.52. The van der Waals surface area contributed by atoms with E-state index in [4.69, 9.17) is 4.74 Å². The Labute approximate surface area is 146 Å². The molecule has 0 bridgehead atoms. The molecule has 4 heteroatoms. The molecule has 0 spiro atoms. The molecule has 0 amide bonds. The van der Waals surface area contributed by atoms with Crippen LogP contribution in [0.3, 0.4) is 0 Å². The number of benzene rings is 1. The first-order valence-corrected chi connectivity index (χ1v) is 9.69. The van der Waals surface area contributed by atoms with Gasteiger partial charge in [-0.2, -0.15) is 0 Å². The molecule has 0 radical (unpaired) electrons. The number of hydrogen-bond acceptors (Lipinski definition) is 4. The van der Waals surface area contributed by atoms with E-state index in [2.05, 4.69) is 67.6 Å². The van der Waals surface area contributed by atoms with Gasteiger partial charge in [0.15, 0.2) is 0 Å². The third-order valence-electron chi connectivity index (χ3n) is 5.13. The molecule has 1 aliphatic rings. The minimum absolute atomic E-state index is 0.200. The van der Waals surface area contributed by atoms with Crippen molar-refractivity contribution < 1.29 is 4.74 Å². The van der Waals surface area contributed by atoms with Crippen LogP contribution in [0.2, 0.25) is 0 Å². The summed E-state index contributed by atoms with van der Waals surface area (Å²) >= 11 is 1.87. The topological polar surface area (TPSA) is 24.5 Å². The van der Waals surface area contributed by atoms with Crippen LogP contribution in [0.4, 0.5) is 0 Å². The zero-order chi connectivity index (χ0) is 16.8. The maximum absolute atomic E-state index is 5.57. The molecule has 1 saturated heterocycles. The van der Waals surface area contributed by atoms with E-state index in [1.165, 1.54) is 5.56 Å². The Bertz CT molecular complexity index is 454. The average molecular weight is 337 g/mol. The van der Waals surface area contributed by atoms with Crippen molar-refractivity contribution in [2.24, 2.45) is 5.41 Å². The quantitative estimate of drug-likeness (QED) is 0.602. The molecular weight excluding hydrogens is 304 g/mol. The Balaban J connectivity index is 1.97. The van der Waals surface area contributed by atoms with Crippen molar-refractivity contribution >= 4 is 11.9 Å². The third-order valence-corrected chi connectivity index (χ3v) is 6.10. The van der Waals surface area contributed by atoms with E-state index in [0.29, 0.717) is 0 Å². The van der Waals surface area contributed by atoms with Crippen LogP contribution in [-0.2, 0) is 11.3 Å². The first-order valence-electron chi connectivity index (χ1n) is 8.71. The van der Waals surface area contributed by atoms with Gasteiger partial charge in [0.25, 0.3) is 0 Å². The molecule has 1 aliphatic heterocycles. The molecule has 1 unspecified atom stereocenters. The van der Waals surface area contributed by atoms with Crippen LogP contribution in [-0.4, -0.2) is 42.5 Å². The second-order valence-electron chi connectivity index (χ2n) is 7.33. The van der Waals surface area contributed by atoms with Crippen molar-refractivity contribution in [1.29, 1.82) is 0 Å². The fourth-order valence-electron chi connectivity index (χ4n) is 3.53. The number of rotatable bonds is 7. The van der Waals surface area contributed by atoms with Gasteiger partial charge in [-0.05, 0) is 17.4 Å². The first-order chi connectivity index (χ1) is 11.0. The van der Waals surface area contributed by atoms with Gasteiger partial charge in [-0.1, -0.05) is 70.0 Å². The molecule has 0 saturated carbocycles. The van der Waals surface area contributed by atoms with Gasteiger partial charge in [0, 0.05) is 30.9 Å². The standard InChI is InChI=1S/C19H32N2OS/c1-5-19(18(2,3)4,21-11-13-22-14-12-21)16-23-20-15-17-9-7-6-8-10-17/h6-10,20H,5,11-16H2,1-4H3. The minimum atomic E-state index is 0.200. The Morgan fingerprint density at radius 2 is 1.78 bits per heavy atom. The fourth-order valence-corrected chi connectivity index (χ4v) is 4.96. The molecule has 23 heavy (non-hydrogen) atoms. The van der Waals surface area contributed by atoms with Gasteiger partial charge in [0.2, 0.25) is 0 Å². The molecule has 2 rings (SSSR count). The summed E-state index contributed by atoms with van der Waals surface area (Å²) in [7, 11) is 0. The third kappa shape index (κ3) is 4.72. The number of ether oxygens (including phenoxy) is 1. The molecule has 1 heterocycles. The summed E-state index contributed by atoms with van der Waals surface area (Å²) in [6.07, 6.45) is 1.16. The van der Waals surface area contributed by atoms with E-state index in [9.17, 15) is 0 Å². The van der Waals surface area contributed by atoms with E-state index < -0.39 is 0 Å². The lowest BCUT2D eigenvalue weighted by atomic mass is 9.71. The van der Waals surface area contributed by atoms with Gasteiger partial charge in [-0.15, -0.1) is 0 Å². The first kappa shape index (κ1) is 18.8. The van der Waals surface area contributed by atoms with Gasteiger partial charge in [-0.3, -0.25) is 9.62 Å². The summed E-state index contributed by atoms with van der Waals surface area (Å²) < 4.78 is 9.13. The van der Waals surface area contributed by atoms with Gasteiger partial charge in [0.05, 0.1) is 13.2 Å². The van der Waals surface area contributed by atoms with Crippen molar-refractivity contribution in [1.82, 2.24) is 9.62 Å². The van der Waals surface area contributed by atoms with Crippen LogP contribution in [0.1, 0.15) is 39.7 Å². The van der Waals surface area contributed by atoms with E-state index in [1.54, 1.807) is 0 Å². The lowest BCUT2D eigenvalue weighted by Crippen LogP contribution is -2.61. The van der Waals surface area contributed by atoms with E-state index in [1.807, 2.05) is 11.9 Å². The van der Waals surface area contributed by atoms with Crippen molar-refractivity contribution in [3.05, 3.63) is 35.9 Å². The highest BCUT2D eigenvalue weighted by atomic mass is 32.2. The predicted octanol–water partition coefficient (Wildman–Crippen LogP) is 3.95. The monoisotopic (exact) mass is 336 g/mol. The van der Waals surface area contributed by atoms with Crippen molar-refractivity contribution in [2.75, 3.05) is 32.1 Å². The van der Waals surface area contributed by atoms with Crippen LogP contribution >= 0.6 is 11.9 Å². The molecule has 3 nitrogen and oxygen atoms in total. The molecular formula is C19H32N2OS. The van der Waals surface area contributed by atoms with Crippen LogP contribution in [0.25, 0.3) is 0 Å². The molecule has 1 atom stereocenters. The molecule has 1 N–H and O–H groups in total. The summed E-state index contributed by atoms with van der Waals surface area (Å²) in [6, 6.07) is 10.6. The molecule has 0 aliphatic carbocycles. The molecule has 130 valence electrons. The van der Waals surface area contributed by atoms with Gasteiger partial charge in [0.1, 0.15) is 0 Å². The molecule has 1 aromatic rings. The smallest absolute Gasteiger partial charge is 0.0594 e. The molecule has 1 fully saturated rings. The number of hydrogen-bond donors (Lipinski definition) is 1. The van der Waals surface area contributed by atoms with E-state index >= 15 is 0 Å². The second-order valence-corrected chi connectivity index (χ2v) is 8.20. The Morgan fingerprint density at radius 1 is 1.13 bits per heavy atom. The van der Waals surface area contributed by atoms with E-state index in [-0.39, 0.29) is 11.0 Å². The maximum Gasteiger partial charge on any atom is 0.0594 e. The summed E-state index contributed by atoms with van der Waals surface area (Å²) in [5.41, 5.74) is 1.77. The minimum Gasteiger partial charge on any atom is -0.379 e. The largest absolute Gasteiger partial charge is 0.379 e. The SMILES string of the molecule is CCC(CSNCc1ccccc1)(N1CCOCC1)C(C)(C)C. The van der Waals surface area contributed by atoms with Crippen molar-refractivity contribution in [3.63, 3.8) is 0 Å². The number of morpholine rings is 1. The van der Waals surface area contributed by atoms with Crippen LogP contribution < -0.4 is 4.72 Å². The van der Waals surface area contributed by atoms with E-state index in [0.717, 1.165) is 45.0 Å². The summed E-state index contributed by atoms with van der Waals surface area (Å²) in [5.74, 6) is 1.10. The maximum atomic E-state index is 5.57. The summed E-state index contributed by atoms with van der Waals surface area (Å²) in [5, 5.41) is 0. The van der Waals surface area contributed by atoms with Crippen molar-refractivity contribution in [3.8, 4) is 0 Å². The number of nitrogens with one attached hydrogen (secondary N) is 1. The highest BCUT2D eigenvalue weighted by Crippen LogP contribution is 2.41. The lowest BCUT2D eigenvalue weighted by molar-refractivity contribution is -0.0589. The average Bonchev–Trinajstić information content (AvgIpc) is 2.56. The van der Waals surface area contributed by atoms with Crippen LogP contribution in [0.5, 0.6) is 0 Å². The van der Waals surface area contributed by atoms with Gasteiger partial charge in [-0.25, -0.2) is 0 Å². The Kier molecular flexibility index (Phi) is 6.96. The predicted molar refractivity (Wildman–Crippen MR) is 101 cm³/mol. The fraction of sp³-hybridized carbons (Fsp3) is 0.684. The zero-order valence-electron chi connectivity index (χ0n) is 15.1. The Morgan fingerprint density at radius 3 is 2.35 bits per heavy atom. The summed E-state index contributed by atoms with van der Waals surface area (Å²) in [4.78, 5) is 2.66. The zero-order valence-corrected chi connectivity index (χ0v) is 15.9. The van der Waals surface area contributed by atoms with Crippen molar-refractivity contribution in [2.45, 2.75) is 46.2 Å². The molecule has 0 aromatic heterocycles.